The number of allylic oxidation sites excluding steroid dienone is 1. The van der Waals surface area contributed by atoms with Crippen LogP contribution >= 0.6 is 15.9 Å². The summed E-state index contributed by atoms with van der Waals surface area (Å²) < 4.78 is 44.1. The lowest BCUT2D eigenvalue weighted by Gasteiger charge is -2.61. The van der Waals surface area contributed by atoms with E-state index in [1.54, 1.807) is 12.1 Å². The van der Waals surface area contributed by atoms with Crippen molar-refractivity contribution < 1.29 is 22.7 Å². The first kappa shape index (κ1) is 18.7. The summed E-state index contributed by atoms with van der Waals surface area (Å²) in [6, 6.07) is 13.8. The summed E-state index contributed by atoms with van der Waals surface area (Å²) in [5.74, 6) is -0.185. The molecule has 3 aliphatic carbocycles. The molecule has 0 N–H and O–H groups in total. The van der Waals surface area contributed by atoms with E-state index in [-0.39, 0.29) is 35.7 Å². The summed E-state index contributed by atoms with van der Waals surface area (Å²) in [5.41, 5.74) is 3.79. The summed E-state index contributed by atoms with van der Waals surface area (Å²) in [6.45, 7) is 0. The molecule has 2 heterocycles. The lowest BCUT2D eigenvalue weighted by atomic mass is 9.49. The zero-order valence-electron chi connectivity index (χ0n) is 15.8. The molecule has 0 amide bonds. The molecular formula is C24H18BrF3O2. The van der Waals surface area contributed by atoms with Gasteiger partial charge in [0.1, 0.15) is 10.4 Å². The number of carbonyl (C=O) groups is 1. The third-order valence-corrected chi connectivity index (χ3v) is 8.87. The molecule has 2 aromatic rings. The highest BCUT2D eigenvalue weighted by atomic mass is 79.9. The van der Waals surface area contributed by atoms with Crippen LogP contribution in [0.4, 0.5) is 13.2 Å². The Bertz CT molecular complexity index is 1090. The van der Waals surface area contributed by atoms with Crippen LogP contribution in [0.3, 0.4) is 0 Å². The Morgan fingerprint density at radius 1 is 1.03 bits per heavy atom. The number of halogens is 4. The second-order valence-electron chi connectivity index (χ2n) is 8.75. The number of benzene rings is 2. The Balaban J connectivity index is 1.53. The molecule has 7 rings (SSSR count). The van der Waals surface area contributed by atoms with E-state index in [4.69, 9.17) is 4.74 Å². The van der Waals surface area contributed by atoms with E-state index in [1.807, 2.05) is 12.1 Å². The van der Waals surface area contributed by atoms with Crippen LogP contribution in [-0.4, -0.2) is 16.4 Å². The maximum atomic E-state index is 13.1. The van der Waals surface area contributed by atoms with Crippen molar-refractivity contribution in [2.24, 2.45) is 5.92 Å². The number of hydrogen-bond acceptors (Lipinski definition) is 2. The van der Waals surface area contributed by atoms with Gasteiger partial charge in [-0.25, -0.2) is 0 Å². The number of alkyl halides is 4. The predicted molar refractivity (Wildman–Crippen MR) is 108 cm³/mol. The van der Waals surface area contributed by atoms with E-state index >= 15 is 0 Å². The van der Waals surface area contributed by atoms with Gasteiger partial charge >= 0.3 is 12.1 Å². The van der Waals surface area contributed by atoms with Crippen LogP contribution in [-0.2, 0) is 15.7 Å². The monoisotopic (exact) mass is 474 g/mol. The average molecular weight is 475 g/mol. The number of ether oxygens (including phenoxy) is 1. The van der Waals surface area contributed by atoms with Crippen LogP contribution in [0, 0.1) is 5.92 Å². The zero-order valence-corrected chi connectivity index (χ0v) is 17.4. The molecule has 0 spiro atoms. The summed E-state index contributed by atoms with van der Waals surface area (Å²) in [7, 11) is 0. The molecule has 3 fully saturated rings. The van der Waals surface area contributed by atoms with E-state index in [2.05, 4.69) is 34.1 Å². The van der Waals surface area contributed by atoms with Crippen molar-refractivity contribution in [1.29, 1.82) is 0 Å². The Labute approximate surface area is 180 Å². The normalized spacial score (nSPS) is 36.1. The molecule has 6 heteroatoms. The summed E-state index contributed by atoms with van der Waals surface area (Å²) >= 11 is 3.84. The van der Waals surface area contributed by atoms with E-state index in [0.29, 0.717) is 0 Å². The largest absolute Gasteiger partial charge is 0.457 e. The molecule has 4 bridgehead atoms. The van der Waals surface area contributed by atoms with Gasteiger partial charge in [0.2, 0.25) is 0 Å². The molecule has 0 unspecified atom stereocenters. The first-order valence-electron chi connectivity index (χ1n) is 10.2. The van der Waals surface area contributed by atoms with Crippen molar-refractivity contribution in [1.82, 2.24) is 0 Å². The second-order valence-corrected chi connectivity index (χ2v) is 10.1. The van der Waals surface area contributed by atoms with E-state index in [0.717, 1.165) is 36.1 Å². The highest BCUT2D eigenvalue weighted by molar-refractivity contribution is 9.10. The molecule has 30 heavy (non-hydrogen) atoms. The van der Waals surface area contributed by atoms with Gasteiger partial charge in [-0.3, -0.25) is 4.79 Å². The van der Waals surface area contributed by atoms with E-state index in [1.165, 1.54) is 11.1 Å². The van der Waals surface area contributed by atoms with Gasteiger partial charge in [0.15, 0.2) is 0 Å². The van der Waals surface area contributed by atoms with Crippen molar-refractivity contribution >= 4 is 21.9 Å². The van der Waals surface area contributed by atoms with Crippen molar-refractivity contribution in [3.05, 3.63) is 82.4 Å². The lowest BCUT2D eigenvalue weighted by Crippen LogP contribution is -2.64. The van der Waals surface area contributed by atoms with Crippen LogP contribution in [0.1, 0.15) is 52.8 Å². The standard InChI is InChI=1S/C24H18BrF3O2/c25-23-18-11-19(30-22(23)29)17-10-9-14(12-5-7-13(8-6-12)24(26,27)28)20(21(17)23)16-4-2-1-3-15(16)18/h1-8,10,14,18-21H,9,11H2/t14-,18-,19+,20+,21+,23+/m1/s1. The molecule has 6 atom stereocenters. The molecule has 0 radical (unpaired) electrons. The molecule has 0 aromatic heterocycles. The van der Waals surface area contributed by atoms with Crippen LogP contribution in [0.15, 0.2) is 60.2 Å². The van der Waals surface area contributed by atoms with Crippen molar-refractivity contribution in [2.75, 3.05) is 0 Å². The fraction of sp³-hybridized carbons (Fsp3) is 0.375. The third-order valence-electron chi connectivity index (χ3n) is 7.50. The number of esters is 1. The zero-order chi connectivity index (χ0) is 20.8. The Morgan fingerprint density at radius 2 is 1.73 bits per heavy atom. The molecule has 154 valence electrons. The molecule has 1 saturated carbocycles. The Kier molecular flexibility index (Phi) is 3.73. The molecule has 2 nitrogen and oxygen atoms in total. The second kappa shape index (κ2) is 6.00. The van der Waals surface area contributed by atoms with Crippen LogP contribution in [0.2, 0.25) is 0 Å². The first-order valence-corrected chi connectivity index (χ1v) is 11.0. The van der Waals surface area contributed by atoms with Gasteiger partial charge in [-0.15, -0.1) is 0 Å². The first-order chi connectivity index (χ1) is 14.3. The van der Waals surface area contributed by atoms with Gasteiger partial charge in [0, 0.05) is 11.8 Å². The Hall–Kier alpha value is -2.08. The van der Waals surface area contributed by atoms with Crippen LogP contribution < -0.4 is 0 Å². The van der Waals surface area contributed by atoms with Gasteiger partial charge in [0.05, 0.1) is 5.56 Å². The summed E-state index contributed by atoms with van der Waals surface area (Å²) in [4.78, 5) is 13.0. The van der Waals surface area contributed by atoms with Crippen LogP contribution in [0.5, 0.6) is 0 Å². The minimum atomic E-state index is -4.35. The maximum Gasteiger partial charge on any atom is 0.416 e. The quantitative estimate of drug-likeness (QED) is 0.284. The SMILES string of the molecule is O=C1O[C@H]2C[C@@H]3c4ccccc4[C@@H]4[C@@H](c5ccc(C(F)(F)F)cc5)CC=C2[C@@H]4[C@]13Br. The molecule has 2 aromatic carbocycles. The number of carbonyl (C=O) groups excluding carboxylic acids is 1. The van der Waals surface area contributed by atoms with Crippen molar-refractivity contribution in [2.45, 2.75) is 47.2 Å². The lowest BCUT2D eigenvalue weighted by molar-refractivity contribution is -0.166. The number of rotatable bonds is 1. The van der Waals surface area contributed by atoms with Gasteiger partial charge in [0.25, 0.3) is 0 Å². The molecule has 5 aliphatic rings. The summed E-state index contributed by atoms with van der Waals surface area (Å²) in [6.07, 6.45) is -0.891. The van der Waals surface area contributed by atoms with E-state index in [9.17, 15) is 18.0 Å². The number of hydrogen-bond donors (Lipinski definition) is 0. The highest BCUT2D eigenvalue weighted by Crippen LogP contribution is 2.68. The third kappa shape index (κ3) is 2.29. The van der Waals surface area contributed by atoms with Crippen molar-refractivity contribution in [3.63, 3.8) is 0 Å². The maximum absolute atomic E-state index is 13.1. The van der Waals surface area contributed by atoms with Gasteiger partial charge in [-0.1, -0.05) is 58.4 Å². The molecular weight excluding hydrogens is 457 g/mol. The highest BCUT2D eigenvalue weighted by Gasteiger charge is 2.68. The smallest absolute Gasteiger partial charge is 0.416 e. The number of fused-ring (bicyclic) bond motifs is 3. The van der Waals surface area contributed by atoms with Crippen molar-refractivity contribution in [3.8, 4) is 0 Å². The van der Waals surface area contributed by atoms with E-state index < -0.39 is 16.1 Å². The summed E-state index contributed by atoms with van der Waals surface area (Å²) in [5, 5.41) is 0. The fourth-order valence-corrected chi connectivity index (χ4v) is 7.38. The molecule has 2 aliphatic heterocycles. The van der Waals surface area contributed by atoms with Crippen LogP contribution in [0.25, 0.3) is 0 Å². The molecule has 2 saturated heterocycles. The Morgan fingerprint density at radius 3 is 2.43 bits per heavy atom. The fourth-order valence-electron chi connectivity index (χ4n) is 6.30. The van der Waals surface area contributed by atoms with Gasteiger partial charge in [-0.05, 0) is 59.1 Å². The van der Waals surface area contributed by atoms with Gasteiger partial charge in [-0.2, -0.15) is 13.2 Å². The predicted octanol–water partition coefficient (Wildman–Crippen LogP) is 6.08. The van der Waals surface area contributed by atoms with Gasteiger partial charge < -0.3 is 4.74 Å². The minimum Gasteiger partial charge on any atom is -0.457 e. The topological polar surface area (TPSA) is 26.3 Å². The minimum absolute atomic E-state index is 0.00436. The average Bonchev–Trinajstić information content (AvgIpc) is 2.73.